The summed E-state index contributed by atoms with van der Waals surface area (Å²) in [6.45, 7) is 1.13. The van der Waals surface area contributed by atoms with Gasteiger partial charge >= 0.3 is 0 Å². The molecule has 1 aliphatic carbocycles. The minimum atomic E-state index is -0.672. The number of carbonyl (C=O) groups excluding carboxylic acids is 2. The Kier molecular flexibility index (Phi) is 9.55. The van der Waals surface area contributed by atoms with Gasteiger partial charge in [0, 0.05) is 24.1 Å². The van der Waals surface area contributed by atoms with E-state index in [0.29, 0.717) is 23.9 Å². The Bertz CT molecular complexity index is 1410. The van der Waals surface area contributed by atoms with Crippen LogP contribution in [0.25, 0.3) is 11.1 Å². The van der Waals surface area contributed by atoms with Crippen LogP contribution in [0.2, 0.25) is 0 Å². The van der Waals surface area contributed by atoms with Crippen molar-refractivity contribution in [2.45, 2.75) is 50.2 Å². The van der Waals surface area contributed by atoms with Crippen molar-refractivity contribution >= 4 is 11.8 Å². The molecule has 1 fully saturated rings. The zero-order valence-electron chi connectivity index (χ0n) is 23.1. The summed E-state index contributed by atoms with van der Waals surface area (Å²) in [6, 6.07) is 33.8. The highest BCUT2D eigenvalue weighted by molar-refractivity contribution is 5.97. The molecule has 6 heteroatoms. The number of hydrogen-bond acceptors (Lipinski definition) is 3. The third kappa shape index (κ3) is 8.12. The SMILES string of the molecule is O=C(NC(CCCCN[C@@H]1C[C@H]1c1ccccc1)C(=O)NCc1ccc(F)cc1)c1ccc(-c2ccccc2)cc1. The van der Waals surface area contributed by atoms with E-state index in [1.807, 2.05) is 48.5 Å². The van der Waals surface area contributed by atoms with Crippen LogP contribution in [0.1, 0.15) is 53.1 Å². The fourth-order valence-electron chi connectivity index (χ4n) is 5.12. The molecule has 0 saturated heterocycles. The van der Waals surface area contributed by atoms with Crippen LogP contribution in [0.4, 0.5) is 4.39 Å². The second kappa shape index (κ2) is 13.9. The van der Waals surface area contributed by atoms with Gasteiger partial charge in [-0.15, -0.1) is 0 Å². The summed E-state index contributed by atoms with van der Waals surface area (Å²) in [7, 11) is 0. The summed E-state index contributed by atoms with van der Waals surface area (Å²) >= 11 is 0. The van der Waals surface area contributed by atoms with E-state index in [1.165, 1.54) is 17.7 Å². The van der Waals surface area contributed by atoms with Crippen LogP contribution < -0.4 is 16.0 Å². The molecule has 0 aromatic heterocycles. The molecule has 4 aromatic carbocycles. The lowest BCUT2D eigenvalue weighted by molar-refractivity contribution is -0.123. The van der Waals surface area contributed by atoms with Crippen molar-refractivity contribution in [3.05, 3.63) is 132 Å². The average molecular weight is 550 g/mol. The number of benzene rings is 4. The van der Waals surface area contributed by atoms with E-state index in [2.05, 4.69) is 40.2 Å². The maximum atomic E-state index is 13.3. The fourth-order valence-corrected chi connectivity index (χ4v) is 5.12. The smallest absolute Gasteiger partial charge is 0.251 e. The third-order valence-electron chi connectivity index (χ3n) is 7.60. The van der Waals surface area contributed by atoms with Crippen molar-refractivity contribution in [3.63, 3.8) is 0 Å². The van der Waals surface area contributed by atoms with Gasteiger partial charge < -0.3 is 16.0 Å². The number of nitrogens with one attached hydrogen (secondary N) is 3. The van der Waals surface area contributed by atoms with E-state index in [0.717, 1.165) is 42.5 Å². The predicted octanol–water partition coefficient (Wildman–Crippen LogP) is 6.22. The lowest BCUT2D eigenvalue weighted by Crippen LogP contribution is -2.46. The number of unbranched alkanes of at least 4 members (excludes halogenated alkanes) is 1. The highest BCUT2D eigenvalue weighted by Gasteiger charge is 2.37. The van der Waals surface area contributed by atoms with Gasteiger partial charge in [0.2, 0.25) is 5.91 Å². The Labute approximate surface area is 241 Å². The van der Waals surface area contributed by atoms with Crippen LogP contribution >= 0.6 is 0 Å². The molecule has 1 saturated carbocycles. The molecule has 1 aliphatic rings. The predicted molar refractivity (Wildman–Crippen MR) is 161 cm³/mol. The Balaban J connectivity index is 1.14. The highest BCUT2D eigenvalue weighted by Crippen LogP contribution is 2.40. The summed E-state index contributed by atoms with van der Waals surface area (Å²) in [5, 5.41) is 9.48. The molecule has 0 aliphatic heterocycles. The maximum Gasteiger partial charge on any atom is 0.251 e. The van der Waals surface area contributed by atoms with Gasteiger partial charge in [0.25, 0.3) is 5.91 Å². The van der Waals surface area contributed by atoms with E-state index in [9.17, 15) is 14.0 Å². The first-order valence-electron chi connectivity index (χ1n) is 14.3. The van der Waals surface area contributed by atoms with E-state index in [1.54, 1.807) is 24.3 Å². The van der Waals surface area contributed by atoms with Gasteiger partial charge in [0.05, 0.1) is 0 Å². The molecule has 3 atom stereocenters. The molecule has 0 bridgehead atoms. The molecule has 3 N–H and O–H groups in total. The monoisotopic (exact) mass is 549 g/mol. The standard InChI is InChI=1S/C35H36FN3O2/c36-30-20-14-25(15-21-30)24-38-35(41)32(13-7-8-22-37-33-23-31(33)28-11-5-2-6-12-28)39-34(40)29-18-16-27(17-19-29)26-9-3-1-4-10-26/h1-6,9-12,14-21,31-33,37H,7-8,13,22-24H2,(H,38,41)(H,39,40)/t31-,32?,33+/m0/s1. The summed E-state index contributed by atoms with van der Waals surface area (Å²) in [5.41, 5.74) is 4.77. The number of halogens is 1. The molecule has 0 radical (unpaired) electrons. The van der Waals surface area contributed by atoms with Crippen LogP contribution in [-0.4, -0.2) is 30.4 Å². The zero-order valence-corrected chi connectivity index (χ0v) is 23.1. The molecule has 5 rings (SSSR count). The Morgan fingerprint density at radius 1 is 0.780 bits per heavy atom. The first-order valence-corrected chi connectivity index (χ1v) is 14.3. The van der Waals surface area contributed by atoms with Crippen molar-refractivity contribution in [2.75, 3.05) is 6.54 Å². The quantitative estimate of drug-likeness (QED) is 0.173. The van der Waals surface area contributed by atoms with Crippen molar-refractivity contribution < 1.29 is 14.0 Å². The molecule has 4 aromatic rings. The lowest BCUT2D eigenvalue weighted by Gasteiger charge is -2.19. The minimum Gasteiger partial charge on any atom is -0.350 e. The Hall–Kier alpha value is -4.29. The van der Waals surface area contributed by atoms with Crippen molar-refractivity contribution in [2.24, 2.45) is 0 Å². The largest absolute Gasteiger partial charge is 0.350 e. The lowest BCUT2D eigenvalue weighted by atomic mass is 10.0. The van der Waals surface area contributed by atoms with Crippen molar-refractivity contribution in [1.29, 1.82) is 0 Å². The van der Waals surface area contributed by atoms with Crippen molar-refractivity contribution in [3.8, 4) is 11.1 Å². The third-order valence-corrected chi connectivity index (χ3v) is 7.60. The van der Waals surface area contributed by atoms with Crippen molar-refractivity contribution in [1.82, 2.24) is 16.0 Å². The van der Waals surface area contributed by atoms with E-state index < -0.39 is 6.04 Å². The topological polar surface area (TPSA) is 70.2 Å². The average Bonchev–Trinajstić information content (AvgIpc) is 3.80. The zero-order chi connectivity index (χ0) is 28.4. The summed E-state index contributed by atoms with van der Waals surface area (Å²) in [4.78, 5) is 26.3. The summed E-state index contributed by atoms with van der Waals surface area (Å²) < 4.78 is 13.3. The minimum absolute atomic E-state index is 0.247. The molecule has 1 unspecified atom stereocenters. The van der Waals surface area contributed by atoms with Gasteiger partial charge in [0.1, 0.15) is 11.9 Å². The summed E-state index contributed by atoms with van der Waals surface area (Å²) in [6.07, 6.45) is 3.37. The van der Waals surface area contributed by atoms with E-state index in [4.69, 9.17) is 0 Å². The van der Waals surface area contributed by atoms with Gasteiger partial charge in [-0.2, -0.15) is 0 Å². The van der Waals surface area contributed by atoms with E-state index >= 15 is 0 Å². The van der Waals surface area contributed by atoms with Gasteiger partial charge in [-0.05, 0) is 78.7 Å². The molecule has 0 heterocycles. The Morgan fingerprint density at radius 2 is 1.44 bits per heavy atom. The van der Waals surface area contributed by atoms with Gasteiger partial charge in [-0.3, -0.25) is 9.59 Å². The first-order chi connectivity index (χ1) is 20.1. The number of hydrogen-bond donors (Lipinski definition) is 3. The Morgan fingerprint density at radius 3 is 2.15 bits per heavy atom. The van der Waals surface area contributed by atoms with Crippen LogP contribution in [0.5, 0.6) is 0 Å². The first kappa shape index (κ1) is 28.2. The maximum absolute atomic E-state index is 13.3. The van der Waals surface area contributed by atoms with Crippen LogP contribution in [0.15, 0.2) is 109 Å². The summed E-state index contributed by atoms with van der Waals surface area (Å²) in [5.74, 6) is -0.275. The molecule has 210 valence electrons. The second-order valence-corrected chi connectivity index (χ2v) is 10.6. The molecule has 5 nitrogen and oxygen atoms in total. The number of carbonyl (C=O) groups is 2. The normalized spacial score (nSPS) is 16.5. The van der Waals surface area contributed by atoms with Crippen LogP contribution in [0, 0.1) is 5.82 Å². The van der Waals surface area contributed by atoms with Gasteiger partial charge in [-0.1, -0.05) is 84.9 Å². The second-order valence-electron chi connectivity index (χ2n) is 10.6. The molecule has 2 amide bonds. The van der Waals surface area contributed by atoms with Gasteiger partial charge in [0.15, 0.2) is 0 Å². The van der Waals surface area contributed by atoms with Crippen LogP contribution in [-0.2, 0) is 11.3 Å². The molecule has 41 heavy (non-hydrogen) atoms. The molecule has 0 spiro atoms. The van der Waals surface area contributed by atoms with E-state index in [-0.39, 0.29) is 24.2 Å². The van der Waals surface area contributed by atoms with Gasteiger partial charge in [-0.25, -0.2) is 4.39 Å². The highest BCUT2D eigenvalue weighted by atomic mass is 19.1. The molecular formula is C35H36FN3O2. The fraction of sp³-hybridized carbons (Fsp3) is 0.257. The number of rotatable bonds is 13. The molecular weight excluding hydrogens is 513 g/mol. The van der Waals surface area contributed by atoms with Crippen LogP contribution in [0.3, 0.4) is 0 Å². The number of amides is 2.